The molecule has 1 heterocycles. The van der Waals surface area contributed by atoms with Gasteiger partial charge in [-0.15, -0.1) is 12.4 Å². The lowest BCUT2D eigenvalue weighted by Gasteiger charge is -2.26. The summed E-state index contributed by atoms with van der Waals surface area (Å²) >= 11 is 0. The lowest BCUT2D eigenvalue weighted by Crippen LogP contribution is -2.40. The molecule has 2 N–H and O–H groups in total. The Morgan fingerprint density at radius 3 is 2.60 bits per heavy atom. The second-order valence-electron chi connectivity index (χ2n) is 5.80. The number of hydrogen-bond acceptors (Lipinski definition) is 2. The molecule has 3 nitrogen and oxygen atoms in total. The van der Waals surface area contributed by atoms with Crippen molar-refractivity contribution in [2.24, 2.45) is 5.92 Å². The molecule has 1 aromatic rings. The first-order valence-electron chi connectivity index (χ1n) is 6.73. The smallest absolute Gasteiger partial charge is 0.224 e. The zero-order chi connectivity index (χ0) is 13.9. The quantitative estimate of drug-likeness (QED) is 0.895. The molecule has 112 valence electrons. The Kier molecular flexibility index (Phi) is 5.96. The summed E-state index contributed by atoms with van der Waals surface area (Å²) in [6.45, 7) is 6.34. The van der Waals surface area contributed by atoms with Crippen LogP contribution in [0.15, 0.2) is 24.3 Å². The van der Waals surface area contributed by atoms with Gasteiger partial charge in [0.2, 0.25) is 5.91 Å². The van der Waals surface area contributed by atoms with E-state index in [0.717, 1.165) is 25.1 Å². The number of carbonyl (C=O) groups is 1. The number of rotatable bonds is 4. The van der Waals surface area contributed by atoms with Crippen molar-refractivity contribution in [3.05, 3.63) is 35.6 Å². The van der Waals surface area contributed by atoms with Crippen LogP contribution < -0.4 is 10.6 Å². The number of halogens is 2. The van der Waals surface area contributed by atoms with Crippen molar-refractivity contribution < 1.29 is 9.18 Å². The van der Waals surface area contributed by atoms with Gasteiger partial charge in [0.25, 0.3) is 0 Å². The number of benzene rings is 1. The molecule has 0 bridgehead atoms. The molecule has 1 aromatic carbocycles. The normalized spacial score (nSPS) is 18.4. The zero-order valence-electron chi connectivity index (χ0n) is 11.9. The molecular weight excluding hydrogens is 279 g/mol. The minimum Gasteiger partial charge on any atom is -0.355 e. The van der Waals surface area contributed by atoms with Crippen LogP contribution in [-0.2, 0) is 10.2 Å². The van der Waals surface area contributed by atoms with Gasteiger partial charge in [-0.25, -0.2) is 4.39 Å². The van der Waals surface area contributed by atoms with Gasteiger partial charge < -0.3 is 10.6 Å². The van der Waals surface area contributed by atoms with Crippen LogP contribution in [0.1, 0.15) is 25.8 Å². The Balaban J connectivity index is 0.00000200. The van der Waals surface area contributed by atoms with E-state index in [1.807, 2.05) is 13.8 Å². The Hall–Kier alpha value is -1.13. The second-order valence-corrected chi connectivity index (χ2v) is 5.80. The summed E-state index contributed by atoms with van der Waals surface area (Å²) in [6, 6.07) is 6.47. The monoisotopic (exact) mass is 300 g/mol. The molecule has 0 saturated carbocycles. The van der Waals surface area contributed by atoms with E-state index in [1.165, 1.54) is 12.1 Å². The number of carbonyl (C=O) groups excluding carboxylic acids is 1. The largest absolute Gasteiger partial charge is 0.355 e. The van der Waals surface area contributed by atoms with Crippen LogP contribution in [0.5, 0.6) is 0 Å². The molecule has 5 heteroatoms. The molecule has 20 heavy (non-hydrogen) atoms. The van der Waals surface area contributed by atoms with Crippen molar-refractivity contribution in [3.63, 3.8) is 0 Å². The topological polar surface area (TPSA) is 41.1 Å². The van der Waals surface area contributed by atoms with Crippen molar-refractivity contribution in [3.8, 4) is 0 Å². The van der Waals surface area contributed by atoms with Crippen molar-refractivity contribution >= 4 is 18.3 Å². The number of amides is 1. The molecule has 0 aliphatic carbocycles. The van der Waals surface area contributed by atoms with E-state index in [-0.39, 0.29) is 35.5 Å². The van der Waals surface area contributed by atoms with Crippen molar-refractivity contribution in [2.75, 3.05) is 19.6 Å². The van der Waals surface area contributed by atoms with Gasteiger partial charge in [-0.1, -0.05) is 26.0 Å². The molecule has 0 radical (unpaired) electrons. The highest BCUT2D eigenvalue weighted by Crippen LogP contribution is 2.22. The molecular formula is C15H22ClFN2O. The molecule has 2 rings (SSSR count). The molecule has 1 aliphatic heterocycles. The average molecular weight is 301 g/mol. The summed E-state index contributed by atoms with van der Waals surface area (Å²) in [5, 5.41) is 6.19. The van der Waals surface area contributed by atoms with E-state index in [9.17, 15) is 9.18 Å². The van der Waals surface area contributed by atoms with Gasteiger partial charge in [0, 0.05) is 18.5 Å². The first kappa shape index (κ1) is 16.9. The van der Waals surface area contributed by atoms with E-state index in [0.29, 0.717) is 6.54 Å². The van der Waals surface area contributed by atoms with Gasteiger partial charge in [-0.2, -0.15) is 0 Å². The third-order valence-corrected chi connectivity index (χ3v) is 3.76. The predicted octanol–water partition coefficient (Wildman–Crippen LogP) is 2.25. The maximum atomic E-state index is 12.9. The van der Waals surface area contributed by atoms with E-state index in [1.54, 1.807) is 12.1 Å². The van der Waals surface area contributed by atoms with E-state index in [4.69, 9.17) is 0 Å². The lowest BCUT2D eigenvalue weighted by molar-refractivity contribution is -0.124. The summed E-state index contributed by atoms with van der Waals surface area (Å²) in [5.74, 6) is -0.0372. The van der Waals surface area contributed by atoms with Gasteiger partial charge in [-0.3, -0.25) is 4.79 Å². The fourth-order valence-corrected chi connectivity index (χ4v) is 2.33. The third kappa shape index (κ3) is 4.18. The first-order valence-corrected chi connectivity index (χ1v) is 6.73. The molecule has 1 amide bonds. The summed E-state index contributed by atoms with van der Waals surface area (Å²) in [7, 11) is 0. The highest BCUT2D eigenvalue weighted by molar-refractivity contribution is 5.85. The minimum atomic E-state index is -0.236. The molecule has 1 aliphatic rings. The van der Waals surface area contributed by atoms with Crippen molar-refractivity contribution in [2.45, 2.75) is 25.7 Å². The molecule has 1 fully saturated rings. The Morgan fingerprint density at radius 1 is 1.40 bits per heavy atom. The highest BCUT2D eigenvalue weighted by Gasteiger charge is 2.26. The third-order valence-electron chi connectivity index (χ3n) is 3.76. The molecule has 1 unspecified atom stereocenters. The summed E-state index contributed by atoms with van der Waals surface area (Å²) in [5.41, 5.74) is 0.828. The van der Waals surface area contributed by atoms with Crippen LogP contribution in [0.3, 0.4) is 0 Å². The summed E-state index contributed by atoms with van der Waals surface area (Å²) in [6.07, 6.45) is 0.906. The van der Waals surface area contributed by atoms with Crippen molar-refractivity contribution in [1.82, 2.24) is 10.6 Å². The maximum Gasteiger partial charge on any atom is 0.224 e. The molecule has 1 atom stereocenters. The predicted molar refractivity (Wildman–Crippen MR) is 80.7 cm³/mol. The Morgan fingerprint density at radius 2 is 2.05 bits per heavy atom. The van der Waals surface area contributed by atoms with Crippen molar-refractivity contribution in [1.29, 1.82) is 0 Å². The van der Waals surface area contributed by atoms with Gasteiger partial charge in [0.1, 0.15) is 5.82 Å². The summed E-state index contributed by atoms with van der Waals surface area (Å²) in [4.78, 5) is 12.0. The van der Waals surface area contributed by atoms with Crippen LogP contribution in [-0.4, -0.2) is 25.5 Å². The zero-order valence-corrected chi connectivity index (χ0v) is 12.7. The Bertz CT molecular complexity index is 442. The Labute approximate surface area is 125 Å². The lowest BCUT2D eigenvalue weighted by atomic mass is 9.84. The van der Waals surface area contributed by atoms with E-state index >= 15 is 0 Å². The van der Waals surface area contributed by atoms with Gasteiger partial charge in [-0.05, 0) is 30.7 Å². The van der Waals surface area contributed by atoms with Crippen LogP contribution in [0.4, 0.5) is 4.39 Å². The molecule has 1 saturated heterocycles. The van der Waals surface area contributed by atoms with E-state index in [2.05, 4.69) is 10.6 Å². The van der Waals surface area contributed by atoms with Crippen LogP contribution in [0.25, 0.3) is 0 Å². The minimum absolute atomic E-state index is 0. The maximum absolute atomic E-state index is 12.9. The van der Waals surface area contributed by atoms with Gasteiger partial charge in [0.05, 0.1) is 5.92 Å². The number of hydrogen-bond donors (Lipinski definition) is 2. The fourth-order valence-electron chi connectivity index (χ4n) is 2.33. The van der Waals surface area contributed by atoms with Crippen LogP contribution >= 0.6 is 12.4 Å². The van der Waals surface area contributed by atoms with E-state index < -0.39 is 0 Å². The highest BCUT2D eigenvalue weighted by atomic mass is 35.5. The second kappa shape index (κ2) is 7.04. The van der Waals surface area contributed by atoms with Crippen LogP contribution in [0.2, 0.25) is 0 Å². The molecule has 0 spiro atoms. The summed E-state index contributed by atoms with van der Waals surface area (Å²) < 4.78 is 12.9. The SMILES string of the molecule is CC(C)(CNC(=O)C1CCNC1)c1ccc(F)cc1.Cl. The average Bonchev–Trinajstić information content (AvgIpc) is 2.90. The fraction of sp³-hybridized carbons (Fsp3) is 0.533. The number of nitrogens with one attached hydrogen (secondary N) is 2. The molecule has 0 aromatic heterocycles. The van der Waals surface area contributed by atoms with Gasteiger partial charge in [0.15, 0.2) is 0 Å². The first-order chi connectivity index (χ1) is 8.99. The standard InChI is InChI=1S/C15H21FN2O.ClH/c1-15(2,12-3-5-13(16)6-4-12)10-18-14(19)11-7-8-17-9-11;/h3-6,11,17H,7-10H2,1-2H3,(H,18,19);1H. The van der Waals surface area contributed by atoms with Crippen LogP contribution in [0, 0.1) is 11.7 Å². The van der Waals surface area contributed by atoms with Gasteiger partial charge >= 0.3 is 0 Å².